The van der Waals surface area contributed by atoms with Gasteiger partial charge in [-0.3, -0.25) is 4.79 Å². The molecule has 0 radical (unpaired) electrons. The van der Waals surface area contributed by atoms with E-state index >= 15 is 0 Å². The first-order valence-corrected chi connectivity index (χ1v) is 7.85. The molecule has 7 nitrogen and oxygen atoms in total. The molecule has 0 unspecified atom stereocenters. The molecule has 1 amide bonds. The largest absolute Gasteiger partial charge is 0.481 e. The molecule has 25 heavy (non-hydrogen) atoms. The van der Waals surface area contributed by atoms with Gasteiger partial charge >= 0.3 is 6.01 Å². The Balaban J connectivity index is 1.81. The summed E-state index contributed by atoms with van der Waals surface area (Å²) in [6.45, 7) is 1.81. The van der Waals surface area contributed by atoms with Gasteiger partial charge in [-0.2, -0.15) is 9.97 Å². The first-order chi connectivity index (χ1) is 12.0. The maximum absolute atomic E-state index is 12.5. The Morgan fingerprint density at radius 3 is 2.72 bits per heavy atom. The second-order valence-electron chi connectivity index (χ2n) is 5.31. The number of fused-ring (bicyclic) bond motifs is 1. The first kappa shape index (κ1) is 17.0. The summed E-state index contributed by atoms with van der Waals surface area (Å²) in [5.74, 6) is 0.451. The van der Waals surface area contributed by atoms with E-state index in [0.29, 0.717) is 16.4 Å². The minimum Gasteiger partial charge on any atom is -0.481 e. The van der Waals surface area contributed by atoms with E-state index < -0.39 is 5.91 Å². The summed E-state index contributed by atoms with van der Waals surface area (Å²) >= 11 is 5.98. The number of carbonyl (C=O) groups excluding carboxylic acids is 1. The number of hydrogen-bond donors (Lipinski definition) is 1. The van der Waals surface area contributed by atoms with Crippen molar-refractivity contribution in [2.24, 2.45) is 0 Å². The molecule has 1 atom stereocenters. The van der Waals surface area contributed by atoms with Crippen LogP contribution in [0.5, 0.6) is 11.9 Å². The Morgan fingerprint density at radius 1 is 1.20 bits per heavy atom. The average Bonchev–Trinajstić information content (AvgIpc) is 3.04. The third-order valence-electron chi connectivity index (χ3n) is 3.58. The lowest BCUT2D eigenvalue weighted by Gasteiger charge is -2.11. The molecule has 1 N–H and O–H groups in total. The summed E-state index contributed by atoms with van der Waals surface area (Å²) in [5, 5.41) is 4.31. The summed E-state index contributed by atoms with van der Waals surface area (Å²) in [4.78, 5) is 20.4. The Hall–Kier alpha value is -2.80. The van der Waals surface area contributed by atoms with Crippen molar-refractivity contribution in [2.75, 3.05) is 14.2 Å². The zero-order chi connectivity index (χ0) is 18.0. The van der Waals surface area contributed by atoms with Crippen LogP contribution in [0, 0.1) is 0 Å². The summed E-state index contributed by atoms with van der Waals surface area (Å²) in [7, 11) is 2.87. The van der Waals surface area contributed by atoms with E-state index in [4.69, 9.17) is 25.5 Å². The van der Waals surface area contributed by atoms with Gasteiger partial charge in [0.15, 0.2) is 0 Å². The molecule has 0 spiro atoms. The molecule has 3 rings (SSSR count). The third-order valence-corrected chi connectivity index (χ3v) is 3.81. The quantitative estimate of drug-likeness (QED) is 0.749. The van der Waals surface area contributed by atoms with Crippen molar-refractivity contribution >= 4 is 28.5 Å². The third kappa shape index (κ3) is 3.66. The van der Waals surface area contributed by atoms with Crippen LogP contribution in [0.3, 0.4) is 0 Å². The lowest BCUT2D eigenvalue weighted by Crippen LogP contribution is -2.27. The molecule has 130 valence electrons. The van der Waals surface area contributed by atoms with Crippen molar-refractivity contribution < 1.29 is 18.7 Å². The molecular weight excluding hydrogens is 346 g/mol. The summed E-state index contributed by atoms with van der Waals surface area (Å²) in [6, 6.07) is 8.30. The van der Waals surface area contributed by atoms with Crippen LogP contribution in [-0.4, -0.2) is 30.1 Å². The van der Waals surface area contributed by atoms with Crippen molar-refractivity contribution in [1.82, 2.24) is 15.3 Å². The molecule has 0 aliphatic rings. The van der Waals surface area contributed by atoms with Crippen LogP contribution in [0.4, 0.5) is 0 Å². The lowest BCUT2D eigenvalue weighted by atomic mass is 10.2. The molecule has 2 heterocycles. The van der Waals surface area contributed by atoms with Gasteiger partial charge in [-0.1, -0.05) is 11.6 Å². The number of furan rings is 1. The van der Waals surface area contributed by atoms with E-state index in [1.54, 1.807) is 18.2 Å². The number of amides is 1. The molecule has 8 heteroatoms. The predicted molar refractivity (Wildman–Crippen MR) is 92.2 cm³/mol. The van der Waals surface area contributed by atoms with Gasteiger partial charge in [0.2, 0.25) is 5.88 Å². The maximum Gasteiger partial charge on any atom is 0.320 e. The normalized spacial score (nSPS) is 12.0. The Kier molecular flexibility index (Phi) is 4.76. The van der Waals surface area contributed by atoms with Crippen LogP contribution in [0.1, 0.15) is 29.2 Å². The standard InChI is InChI=1S/C17H16ClN3O4/c1-9(14-7-10-6-11(18)4-5-13(10)25-14)19-16(22)12-8-15(23-2)21-17(20-12)24-3/h4-9H,1-3H3,(H,19,22)/t9-/m0/s1. The van der Waals surface area contributed by atoms with E-state index in [1.807, 2.05) is 13.0 Å². The zero-order valence-corrected chi connectivity index (χ0v) is 14.6. The van der Waals surface area contributed by atoms with E-state index in [-0.39, 0.29) is 23.6 Å². The number of halogens is 1. The van der Waals surface area contributed by atoms with Crippen LogP contribution in [0.15, 0.2) is 34.7 Å². The second kappa shape index (κ2) is 6.98. The highest BCUT2D eigenvalue weighted by atomic mass is 35.5. The highest BCUT2D eigenvalue weighted by Crippen LogP contribution is 2.26. The van der Waals surface area contributed by atoms with Gasteiger partial charge in [-0.15, -0.1) is 0 Å². The minimum atomic E-state index is -0.398. The van der Waals surface area contributed by atoms with Gasteiger partial charge in [-0.05, 0) is 31.2 Å². The van der Waals surface area contributed by atoms with Crippen molar-refractivity contribution in [3.05, 3.63) is 46.8 Å². The van der Waals surface area contributed by atoms with Gasteiger partial charge in [0, 0.05) is 16.5 Å². The first-order valence-electron chi connectivity index (χ1n) is 7.47. The van der Waals surface area contributed by atoms with Crippen LogP contribution >= 0.6 is 11.6 Å². The number of ether oxygens (including phenoxy) is 2. The summed E-state index contributed by atoms with van der Waals surface area (Å²) in [5.41, 5.74) is 0.834. The van der Waals surface area contributed by atoms with E-state index in [2.05, 4.69) is 15.3 Å². The average molecular weight is 362 g/mol. The highest BCUT2D eigenvalue weighted by Gasteiger charge is 2.18. The molecule has 0 saturated carbocycles. The Morgan fingerprint density at radius 2 is 2.00 bits per heavy atom. The molecule has 1 aromatic carbocycles. The molecule has 2 aromatic heterocycles. The molecule has 0 aliphatic carbocycles. The van der Waals surface area contributed by atoms with Crippen LogP contribution in [-0.2, 0) is 0 Å². The second-order valence-corrected chi connectivity index (χ2v) is 5.74. The number of nitrogens with zero attached hydrogens (tertiary/aromatic N) is 2. The number of hydrogen-bond acceptors (Lipinski definition) is 6. The topological polar surface area (TPSA) is 86.5 Å². The summed E-state index contributed by atoms with van der Waals surface area (Å²) < 4.78 is 15.8. The van der Waals surface area contributed by atoms with Crippen molar-refractivity contribution in [3.8, 4) is 11.9 Å². The van der Waals surface area contributed by atoms with Crippen molar-refractivity contribution in [1.29, 1.82) is 0 Å². The lowest BCUT2D eigenvalue weighted by molar-refractivity contribution is 0.0928. The fraction of sp³-hybridized carbons (Fsp3) is 0.235. The number of methoxy groups -OCH3 is 2. The Bertz CT molecular complexity index is 903. The van der Waals surface area contributed by atoms with Gasteiger partial charge in [0.05, 0.1) is 20.3 Å². The van der Waals surface area contributed by atoms with Gasteiger partial charge in [0.25, 0.3) is 5.91 Å². The van der Waals surface area contributed by atoms with Gasteiger partial charge in [0.1, 0.15) is 17.0 Å². The molecule has 0 fully saturated rings. The number of aromatic nitrogens is 2. The van der Waals surface area contributed by atoms with Crippen LogP contribution in [0.25, 0.3) is 11.0 Å². The maximum atomic E-state index is 12.5. The molecule has 0 aliphatic heterocycles. The highest BCUT2D eigenvalue weighted by molar-refractivity contribution is 6.31. The van der Waals surface area contributed by atoms with Crippen LogP contribution in [0.2, 0.25) is 5.02 Å². The monoisotopic (exact) mass is 361 g/mol. The number of rotatable bonds is 5. The van der Waals surface area contributed by atoms with Gasteiger partial charge < -0.3 is 19.2 Å². The minimum absolute atomic E-state index is 0.0514. The SMILES string of the molecule is COc1cc(C(=O)N[C@@H](C)c2cc3cc(Cl)ccc3o2)nc(OC)n1. The fourth-order valence-corrected chi connectivity index (χ4v) is 2.49. The van der Waals surface area contributed by atoms with E-state index in [9.17, 15) is 4.79 Å². The number of benzene rings is 1. The summed E-state index contributed by atoms with van der Waals surface area (Å²) in [6.07, 6.45) is 0. The Labute approximate surface area is 148 Å². The van der Waals surface area contributed by atoms with E-state index in [0.717, 1.165) is 5.39 Å². The van der Waals surface area contributed by atoms with Crippen molar-refractivity contribution in [3.63, 3.8) is 0 Å². The van der Waals surface area contributed by atoms with Gasteiger partial charge in [-0.25, -0.2) is 0 Å². The van der Waals surface area contributed by atoms with E-state index in [1.165, 1.54) is 20.3 Å². The fourth-order valence-electron chi connectivity index (χ4n) is 2.31. The zero-order valence-electron chi connectivity index (χ0n) is 13.9. The number of nitrogens with one attached hydrogen (secondary N) is 1. The predicted octanol–water partition coefficient (Wildman–Crippen LogP) is 3.38. The molecular formula is C17H16ClN3O4. The molecule has 3 aromatic rings. The van der Waals surface area contributed by atoms with Crippen molar-refractivity contribution in [2.45, 2.75) is 13.0 Å². The number of carbonyl (C=O) groups is 1. The molecule has 0 saturated heterocycles. The van der Waals surface area contributed by atoms with Crippen LogP contribution < -0.4 is 14.8 Å². The smallest absolute Gasteiger partial charge is 0.320 e. The molecule has 0 bridgehead atoms.